The minimum absolute atomic E-state index is 0.211. The maximum absolute atomic E-state index is 6.58. The van der Waals surface area contributed by atoms with Crippen molar-refractivity contribution < 1.29 is 4.74 Å². The van der Waals surface area contributed by atoms with E-state index in [0.717, 1.165) is 54.4 Å². The average Bonchev–Trinajstić information content (AvgIpc) is 3.28. The first kappa shape index (κ1) is 15.7. The maximum Gasteiger partial charge on any atom is 0.200 e. The molecule has 1 atom stereocenters. The third kappa shape index (κ3) is 2.48. The molecule has 130 valence electrons. The molecule has 4 nitrogen and oxygen atoms in total. The SMILES string of the molecule is CN1CCC2(CC1)Oc1ccc(Cl)cc1C1CC(c3cccs3)=NN12. The molecule has 1 saturated heterocycles. The van der Waals surface area contributed by atoms with Crippen LogP contribution >= 0.6 is 22.9 Å². The zero-order chi connectivity index (χ0) is 17.0. The van der Waals surface area contributed by atoms with Crippen LogP contribution in [-0.4, -0.2) is 41.5 Å². The standard InChI is InChI=1S/C19H20ClN3OS/c1-22-8-6-19(7-9-22)23-16(12-15(21-23)18-3-2-10-25-18)14-11-13(20)4-5-17(14)24-19/h2-5,10-11,16H,6-9,12H2,1H3. The number of thiophene rings is 1. The highest BCUT2D eigenvalue weighted by atomic mass is 35.5. The Morgan fingerprint density at radius 2 is 2.12 bits per heavy atom. The second-order valence-corrected chi connectivity index (χ2v) is 8.51. The van der Waals surface area contributed by atoms with Gasteiger partial charge in [-0.25, -0.2) is 5.01 Å². The van der Waals surface area contributed by atoms with Gasteiger partial charge in [0, 0.05) is 42.9 Å². The molecule has 0 bridgehead atoms. The van der Waals surface area contributed by atoms with E-state index >= 15 is 0 Å². The fourth-order valence-corrected chi connectivity index (χ4v) is 5.04. The highest BCUT2D eigenvalue weighted by Crippen LogP contribution is 2.50. The van der Waals surface area contributed by atoms with Crippen LogP contribution in [0.15, 0.2) is 40.8 Å². The number of nitrogens with zero attached hydrogens (tertiary/aromatic N) is 3. The molecule has 0 amide bonds. The van der Waals surface area contributed by atoms with E-state index in [1.807, 2.05) is 18.2 Å². The molecular formula is C19H20ClN3OS. The highest BCUT2D eigenvalue weighted by molar-refractivity contribution is 7.12. The van der Waals surface area contributed by atoms with Gasteiger partial charge in [-0.3, -0.25) is 0 Å². The quantitative estimate of drug-likeness (QED) is 0.743. The number of ether oxygens (including phenoxy) is 1. The molecule has 1 spiro atoms. The summed E-state index contributed by atoms with van der Waals surface area (Å²) in [6, 6.07) is 10.5. The first-order chi connectivity index (χ1) is 12.1. The first-order valence-electron chi connectivity index (χ1n) is 8.72. The van der Waals surface area contributed by atoms with Crippen LogP contribution in [0.4, 0.5) is 0 Å². The van der Waals surface area contributed by atoms with E-state index in [1.54, 1.807) is 11.3 Å². The minimum Gasteiger partial charge on any atom is -0.466 e. The summed E-state index contributed by atoms with van der Waals surface area (Å²) < 4.78 is 6.58. The summed E-state index contributed by atoms with van der Waals surface area (Å²) in [5.41, 5.74) is 1.99. The van der Waals surface area contributed by atoms with Gasteiger partial charge in [0.05, 0.1) is 16.6 Å². The predicted molar refractivity (Wildman–Crippen MR) is 102 cm³/mol. The average molecular weight is 374 g/mol. The molecule has 4 heterocycles. The minimum atomic E-state index is -0.336. The Morgan fingerprint density at radius 3 is 2.88 bits per heavy atom. The van der Waals surface area contributed by atoms with Crippen molar-refractivity contribution in [3.63, 3.8) is 0 Å². The molecule has 1 fully saturated rings. The fourth-order valence-electron chi connectivity index (χ4n) is 4.14. The summed E-state index contributed by atoms with van der Waals surface area (Å²) in [5.74, 6) is 0.970. The van der Waals surface area contributed by atoms with Gasteiger partial charge in [-0.15, -0.1) is 11.3 Å². The fraction of sp³-hybridized carbons (Fsp3) is 0.421. The van der Waals surface area contributed by atoms with Crippen molar-refractivity contribution in [1.29, 1.82) is 0 Å². The summed E-state index contributed by atoms with van der Waals surface area (Å²) in [5, 5.41) is 10.2. The van der Waals surface area contributed by atoms with Crippen LogP contribution in [0.25, 0.3) is 0 Å². The molecule has 3 aliphatic heterocycles. The van der Waals surface area contributed by atoms with Gasteiger partial charge >= 0.3 is 0 Å². The molecule has 0 N–H and O–H groups in total. The van der Waals surface area contributed by atoms with E-state index in [1.165, 1.54) is 4.88 Å². The number of piperidine rings is 1. The lowest BCUT2D eigenvalue weighted by Gasteiger charge is -2.50. The van der Waals surface area contributed by atoms with Crippen LogP contribution in [0.1, 0.15) is 35.7 Å². The van der Waals surface area contributed by atoms with Crippen molar-refractivity contribution in [3.05, 3.63) is 51.2 Å². The highest BCUT2D eigenvalue weighted by Gasteiger charge is 2.51. The second kappa shape index (κ2) is 5.73. The molecular weight excluding hydrogens is 354 g/mol. The number of rotatable bonds is 1. The molecule has 25 heavy (non-hydrogen) atoms. The zero-order valence-electron chi connectivity index (χ0n) is 14.1. The van der Waals surface area contributed by atoms with Gasteiger partial charge in [-0.2, -0.15) is 5.10 Å². The van der Waals surface area contributed by atoms with Crippen molar-refractivity contribution in [2.24, 2.45) is 5.10 Å². The molecule has 1 aromatic heterocycles. The molecule has 5 rings (SSSR count). The van der Waals surface area contributed by atoms with Crippen molar-refractivity contribution in [1.82, 2.24) is 9.91 Å². The van der Waals surface area contributed by atoms with Crippen LogP contribution in [-0.2, 0) is 0 Å². The molecule has 1 unspecified atom stereocenters. The smallest absolute Gasteiger partial charge is 0.200 e. The number of benzene rings is 1. The van der Waals surface area contributed by atoms with E-state index in [-0.39, 0.29) is 11.8 Å². The number of fused-ring (bicyclic) bond motifs is 4. The van der Waals surface area contributed by atoms with Gasteiger partial charge in [-0.1, -0.05) is 17.7 Å². The second-order valence-electron chi connectivity index (χ2n) is 7.12. The third-order valence-corrected chi connectivity index (χ3v) is 6.69. The molecule has 0 saturated carbocycles. The predicted octanol–water partition coefficient (Wildman–Crippen LogP) is 4.37. The Labute approximate surface area is 156 Å². The Morgan fingerprint density at radius 1 is 1.28 bits per heavy atom. The Kier molecular flexibility index (Phi) is 3.59. The van der Waals surface area contributed by atoms with Crippen molar-refractivity contribution >= 4 is 28.6 Å². The van der Waals surface area contributed by atoms with Crippen molar-refractivity contribution in [2.45, 2.75) is 31.0 Å². The number of hydrogen-bond acceptors (Lipinski definition) is 5. The molecule has 2 aromatic rings. The molecule has 0 radical (unpaired) electrons. The first-order valence-corrected chi connectivity index (χ1v) is 9.98. The van der Waals surface area contributed by atoms with Crippen LogP contribution < -0.4 is 4.74 Å². The zero-order valence-corrected chi connectivity index (χ0v) is 15.7. The monoisotopic (exact) mass is 373 g/mol. The summed E-state index contributed by atoms with van der Waals surface area (Å²) in [4.78, 5) is 3.61. The van der Waals surface area contributed by atoms with E-state index in [9.17, 15) is 0 Å². The van der Waals surface area contributed by atoms with Crippen LogP contribution in [0.3, 0.4) is 0 Å². The van der Waals surface area contributed by atoms with Crippen molar-refractivity contribution in [3.8, 4) is 5.75 Å². The number of halogens is 1. The normalized spacial score (nSPS) is 24.6. The summed E-state index contributed by atoms with van der Waals surface area (Å²) in [6.07, 6.45) is 2.83. The van der Waals surface area contributed by atoms with Gasteiger partial charge in [0.1, 0.15) is 5.75 Å². The third-order valence-electron chi connectivity index (χ3n) is 5.53. The van der Waals surface area contributed by atoms with Gasteiger partial charge in [0.15, 0.2) is 0 Å². The van der Waals surface area contributed by atoms with Crippen LogP contribution in [0.2, 0.25) is 5.02 Å². The van der Waals surface area contributed by atoms with Gasteiger partial charge in [0.25, 0.3) is 0 Å². The largest absolute Gasteiger partial charge is 0.466 e. The van der Waals surface area contributed by atoms with E-state index < -0.39 is 0 Å². The van der Waals surface area contributed by atoms with E-state index in [2.05, 4.69) is 34.5 Å². The summed E-state index contributed by atoms with van der Waals surface area (Å²) >= 11 is 8.04. The topological polar surface area (TPSA) is 28.1 Å². The lowest BCUT2D eigenvalue weighted by molar-refractivity contribution is -0.147. The lowest BCUT2D eigenvalue weighted by Crippen LogP contribution is -2.58. The van der Waals surface area contributed by atoms with E-state index in [0.29, 0.717) is 0 Å². The van der Waals surface area contributed by atoms with E-state index in [4.69, 9.17) is 21.4 Å². The van der Waals surface area contributed by atoms with Gasteiger partial charge in [0.2, 0.25) is 5.72 Å². The van der Waals surface area contributed by atoms with Crippen LogP contribution in [0.5, 0.6) is 5.75 Å². The van der Waals surface area contributed by atoms with Crippen molar-refractivity contribution in [2.75, 3.05) is 20.1 Å². The van der Waals surface area contributed by atoms with Crippen LogP contribution in [0, 0.1) is 0 Å². The summed E-state index contributed by atoms with van der Waals surface area (Å²) in [7, 11) is 2.17. The number of hydrazone groups is 1. The van der Waals surface area contributed by atoms with Gasteiger partial charge < -0.3 is 9.64 Å². The summed E-state index contributed by atoms with van der Waals surface area (Å²) in [6.45, 7) is 2.05. The molecule has 1 aromatic carbocycles. The lowest BCUT2D eigenvalue weighted by atomic mass is 9.91. The van der Waals surface area contributed by atoms with Gasteiger partial charge in [-0.05, 0) is 36.7 Å². The number of likely N-dealkylation sites (tertiary alicyclic amines) is 1. The Balaban J connectivity index is 1.60. The molecule has 6 heteroatoms. The Bertz CT molecular complexity index is 827. The Hall–Kier alpha value is -1.56. The molecule has 0 aliphatic carbocycles. The number of hydrogen-bond donors (Lipinski definition) is 0. The maximum atomic E-state index is 6.58. The molecule has 3 aliphatic rings.